The smallest absolute Gasteiger partial charge is 0.251 e. The van der Waals surface area contributed by atoms with E-state index in [1.54, 1.807) is 12.1 Å². The molecule has 4 N–H and O–H groups in total. The number of nitrogens with one attached hydrogen (secondary N) is 2. The highest BCUT2D eigenvalue weighted by Gasteiger charge is 2.13. The van der Waals surface area contributed by atoms with Crippen molar-refractivity contribution >= 4 is 36.6 Å². The number of carbonyl (C=O) groups excluding carboxylic acids is 2. The Balaban J connectivity index is 0.00000392. The van der Waals surface area contributed by atoms with Crippen LogP contribution >= 0.6 is 24.8 Å². The molecule has 0 aliphatic heterocycles. The van der Waals surface area contributed by atoms with Crippen molar-refractivity contribution in [3.8, 4) is 0 Å². The molecule has 0 bridgehead atoms. The number of carbonyl (C=O) groups is 2. The van der Waals surface area contributed by atoms with Crippen LogP contribution in [0.1, 0.15) is 21.5 Å². The van der Waals surface area contributed by atoms with E-state index in [-0.39, 0.29) is 36.6 Å². The Morgan fingerprint density at radius 1 is 0.931 bits per heavy atom. The number of likely N-dealkylation sites (N-methyl/N-ethyl adjacent to an activating group) is 1. The molecule has 2 aromatic carbocycles. The second-order valence-corrected chi connectivity index (χ2v) is 6.77. The van der Waals surface area contributed by atoms with Crippen LogP contribution in [0.15, 0.2) is 54.6 Å². The lowest BCUT2D eigenvalue weighted by atomic mass is 10.1. The summed E-state index contributed by atoms with van der Waals surface area (Å²) in [4.78, 5) is 26.2. The quantitative estimate of drug-likeness (QED) is 0.556. The topological polar surface area (TPSA) is 87.5 Å². The van der Waals surface area contributed by atoms with Crippen molar-refractivity contribution in [3.63, 3.8) is 0 Å². The minimum Gasteiger partial charge on any atom is -0.351 e. The van der Waals surface area contributed by atoms with Gasteiger partial charge in [0.05, 0.1) is 6.04 Å². The van der Waals surface area contributed by atoms with Crippen LogP contribution in [-0.2, 0) is 17.8 Å². The van der Waals surface area contributed by atoms with Gasteiger partial charge in [-0.05, 0) is 43.8 Å². The molecule has 0 radical (unpaired) electrons. The van der Waals surface area contributed by atoms with Crippen LogP contribution in [0.25, 0.3) is 0 Å². The molecule has 29 heavy (non-hydrogen) atoms. The molecule has 1 atom stereocenters. The fourth-order valence-corrected chi connectivity index (χ4v) is 2.55. The first-order valence-electron chi connectivity index (χ1n) is 9.05. The first-order chi connectivity index (χ1) is 13.0. The third-order valence-corrected chi connectivity index (χ3v) is 4.16. The van der Waals surface area contributed by atoms with Crippen LogP contribution in [0.4, 0.5) is 0 Å². The minimum absolute atomic E-state index is 0. The number of rotatable bonds is 9. The van der Waals surface area contributed by atoms with Crippen LogP contribution in [-0.4, -0.2) is 49.9 Å². The molecule has 2 amide bonds. The Morgan fingerprint density at radius 2 is 1.55 bits per heavy atom. The predicted octanol–water partition coefficient (Wildman–Crippen LogP) is 2.01. The van der Waals surface area contributed by atoms with Gasteiger partial charge < -0.3 is 21.3 Å². The molecular formula is C21H30Cl2N4O2. The standard InChI is InChI=1S/C21H28N4O2.2ClH/c1-25(2)13-12-23-20(26)18-10-8-17(9-11-18)15-24-21(27)19(22)14-16-6-4-3-5-7-16;;/h3-11,19H,12-15,22H2,1-2H3,(H,23,26)(H,24,27);2*1H. The molecule has 160 valence electrons. The van der Waals surface area contributed by atoms with Crippen molar-refractivity contribution < 1.29 is 9.59 Å². The molecule has 2 rings (SSSR count). The summed E-state index contributed by atoms with van der Waals surface area (Å²) in [7, 11) is 3.92. The summed E-state index contributed by atoms with van der Waals surface area (Å²) in [6, 6.07) is 16.3. The summed E-state index contributed by atoms with van der Waals surface area (Å²) < 4.78 is 0. The van der Waals surface area contributed by atoms with E-state index in [0.29, 0.717) is 25.1 Å². The van der Waals surface area contributed by atoms with Gasteiger partial charge in [0.25, 0.3) is 5.91 Å². The molecule has 0 aromatic heterocycles. The number of amides is 2. The SMILES string of the molecule is CN(C)CCNC(=O)c1ccc(CNC(=O)C(N)Cc2ccccc2)cc1.Cl.Cl. The number of nitrogens with zero attached hydrogens (tertiary/aromatic N) is 1. The van der Waals surface area contributed by atoms with E-state index in [0.717, 1.165) is 17.7 Å². The fraction of sp³-hybridized carbons (Fsp3) is 0.333. The van der Waals surface area contributed by atoms with Gasteiger partial charge in [0, 0.05) is 25.2 Å². The van der Waals surface area contributed by atoms with E-state index in [4.69, 9.17) is 5.73 Å². The Kier molecular flexibility index (Phi) is 12.9. The normalized spacial score (nSPS) is 11.0. The third-order valence-electron chi connectivity index (χ3n) is 4.16. The van der Waals surface area contributed by atoms with Gasteiger partial charge >= 0.3 is 0 Å². The maximum absolute atomic E-state index is 12.2. The van der Waals surface area contributed by atoms with E-state index in [9.17, 15) is 9.59 Å². The average molecular weight is 441 g/mol. The molecule has 0 aliphatic rings. The lowest BCUT2D eigenvalue weighted by Crippen LogP contribution is -2.41. The van der Waals surface area contributed by atoms with Gasteiger partial charge in [0.15, 0.2) is 0 Å². The number of hydrogen-bond donors (Lipinski definition) is 3. The van der Waals surface area contributed by atoms with Crippen molar-refractivity contribution in [2.75, 3.05) is 27.2 Å². The average Bonchev–Trinajstić information content (AvgIpc) is 2.67. The fourth-order valence-electron chi connectivity index (χ4n) is 2.55. The van der Waals surface area contributed by atoms with E-state index in [1.165, 1.54) is 0 Å². The van der Waals surface area contributed by atoms with E-state index in [2.05, 4.69) is 10.6 Å². The molecule has 0 heterocycles. The van der Waals surface area contributed by atoms with Crippen molar-refractivity contribution in [2.24, 2.45) is 5.73 Å². The molecular weight excluding hydrogens is 411 g/mol. The maximum Gasteiger partial charge on any atom is 0.251 e. The summed E-state index contributed by atoms with van der Waals surface area (Å²) in [6.45, 7) is 1.77. The highest BCUT2D eigenvalue weighted by Crippen LogP contribution is 2.05. The zero-order chi connectivity index (χ0) is 19.6. The Morgan fingerprint density at radius 3 is 2.14 bits per heavy atom. The number of nitrogens with two attached hydrogens (primary N) is 1. The number of benzene rings is 2. The zero-order valence-corrected chi connectivity index (χ0v) is 18.4. The second-order valence-electron chi connectivity index (χ2n) is 6.77. The van der Waals surface area contributed by atoms with Crippen LogP contribution in [0.2, 0.25) is 0 Å². The van der Waals surface area contributed by atoms with Crippen LogP contribution in [0.5, 0.6) is 0 Å². The first-order valence-corrected chi connectivity index (χ1v) is 9.05. The first kappa shape index (κ1) is 26.9. The zero-order valence-electron chi connectivity index (χ0n) is 16.8. The second kappa shape index (κ2) is 14.0. The predicted molar refractivity (Wildman–Crippen MR) is 122 cm³/mol. The summed E-state index contributed by atoms with van der Waals surface area (Å²) in [5.74, 6) is -0.290. The molecule has 0 saturated heterocycles. The molecule has 0 saturated carbocycles. The minimum atomic E-state index is -0.589. The summed E-state index contributed by atoms with van der Waals surface area (Å²) in [6.07, 6.45) is 0.499. The Hall–Kier alpha value is -2.12. The highest BCUT2D eigenvalue weighted by atomic mass is 35.5. The van der Waals surface area contributed by atoms with Crippen LogP contribution in [0, 0.1) is 0 Å². The molecule has 6 nitrogen and oxygen atoms in total. The van der Waals surface area contributed by atoms with Crippen molar-refractivity contribution in [2.45, 2.75) is 19.0 Å². The molecule has 0 fully saturated rings. The molecule has 1 unspecified atom stereocenters. The largest absolute Gasteiger partial charge is 0.351 e. The summed E-state index contributed by atoms with van der Waals surface area (Å²) in [5.41, 5.74) is 8.53. The molecule has 2 aromatic rings. The van der Waals surface area contributed by atoms with Gasteiger partial charge in [0.1, 0.15) is 0 Å². The summed E-state index contributed by atoms with van der Waals surface area (Å²) in [5, 5.41) is 5.72. The Labute approximate surface area is 185 Å². The number of hydrogen-bond acceptors (Lipinski definition) is 4. The van der Waals surface area contributed by atoms with Gasteiger partial charge in [-0.25, -0.2) is 0 Å². The van der Waals surface area contributed by atoms with Crippen molar-refractivity contribution in [1.29, 1.82) is 0 Å². The van der Waals surface area contributed by atoms with Crippen LogP contribution < -0.4 is 16.4 Å². The van der Waals surface area contributed by atoms with Crippen molar-refractivity contribution in [1.82, 2.24) is 15.5 Å². The van der Waals surface area contributed by atoms with E-state index in [1.807, 2.05) is 61.5 Å². The molecule has 8 heteroatoms. The lowest BCUT2D eigenvalue weighted by molar-refractivity contribution is -0.122. The lowest BCUT2D eigenvalue weighted by Gasteiger charge is -2.13. The van der Waals surface area contributed by atoms with Crippen LogP contribution in [0.3, 0.4) is 0 Å². The van der Waals surface area contributed by atoms with E-state index < -0.39 is 6.04 Å². The number of halogens is 2. The Bertz CT molecular complexity index is 740. The van der Waals surface area contributed by atoms with Gasteiger partial charge in [-0.1, -0.05) is 42.5 Å². The van der Waals surface area contributed by atoms with Gasteiger partial charge in [-0.2, -0.15) is 0 Å². The monoisotopic (exact) mass is 440 g/mol. The van der Waals surface area contributed by atoms with E-state index >= 15 is 0 Å². The summed E-state index contributed by atoms with van der Waals surface area (Å²) >= 11 is 0. The van der Waals surface area contributed by atoms with Gasteiger partial charge in [-0.15, -0.1) is 24.8 Å². The molecule has 0 aliphatic carbocycles. The third kappa shape index (κ3) is 9.76. The maximum atomic E-state index is 12.2. The van der Waals surface area contributed by atoms with Gasteiger partial charge in [-0.3, -0.25) is 9.59 Å². The van der Waals surface area contributed by atoms with Crippen molar-refractivity contribution in [3.05, 3.63) is 71.3 Å². The highest BCUT2D eigenvalue weighted by molar-refractivity contribution is 5.94. The van der Waals surface area contributed by atoms with Gasteiger partial charge in [0.2, 0.25) is 5.91 Å². The molecule has 0 spiro atoms.